The zero-order chi connectivity index (χ0) is 16.4. The number of carbonyl (C=O) groups is 1. The van der Waals surface area contributed by atoms with E-state index < -0.39 is 0 Å². The van der Waals surface area contributed by atoms with E-state index >= 15 is 0 Å². The zero-order valence-corrected chi connectivity index (χ0v) is 14.3. The summed E-state index contributed by atoms with van der Waals surface area (Å²) in [6.07, 6.45) is 8.00. The van der Waals surface area contributed by atoms with Gasteiger partial charge in [-0.15, -0.1) is 0 Å². The molecule has 1 aromatic heterocycles. The molecule has 0 radical (unpaired) electrons. The first-order valence-corrected chi connectivity index (χ1v) is 8.78. The van der Waals surface area contributed by atoms with Gasteiger partial charge < -0.3 is 15.4 Å². The highest BCUT2D eigenvalue weighted by Crippen LogP contribution is 2.27. The predicted molar refractivity (Wildman–Crippen MR) is 88.0 cm³/mol. The minimum absolute atomic E-state index is 0.00464. The van der Waals surface area contributed by atoms with E-state index in [1.54, 1.807) is 0 Å². The molecule has 0 bridgehead atoms. The lowest BCUT2D eigenvalue weighted by Gasteiger charge is -2.39. The molecule has 6 nitrogen and oxygen atoms in total. The molecule has 6 heteroatoms. The molecular weight excluding hydrogens is 292 g/mol. The monoisotopic (exact) mass is 320 g/mol. The van der Waals surface area contributed by atoms with Crippen LogP contribution in [0.4, 0.5) is 0 Å². The lowest BCUT2D eigenvalue weighted by Crippen LogP contribution is -2.53. The fourth-order valence-corrected chi connectivity index (χ4v) is 3.85. The average molecular weight is 320 g/mol. The fraction of sp³-hybridized carbons (Fsp3) is 0.765. The van der Waals surface area contributed by atoms with Crippen LogP contribution in [-0.2, 0) is 16.1 Å². The van der Waals surface area contributed by atoms with Crippen molar-refractivity contribution >= 4 is 5.91 Å². The Balaban J connectivity index is 1.71. The molecule has 2 fully saturated rings. The molecule has 0 unspecified atom stereocenters. The van der Waals surface area contributed by atoms with Gasteiger partial charge in [0.2, 0.25) is 5.91 Å². The van der Waals surface area contributed by atoms with E-state index in [0.29, 0.717) is 12.5 Å². The highest BCUT2D eigenvalue weighted by atomic mass is 16.5. The van der Waals surface area contributed by atoms with Gasteiger partial charge in [0.05, 0.1) is 24.4 Å². The third-order valence-electron chi connectivity index (χ3n) is 4.88. The second-order valence-corrected chi connectivity index (χ2v) is 6.91. The normalized spacial score (nSPS) is 35.1. The number of aryl methyl sites for hydroxylation is 1. The number of amides is 1. The summed E-state index contributed by atoms with van der Waals surface area (Å²) in [6.45, 7) is 7.18. The molecule has 2 aliphatic heterocycles. The Kier molecular flexibility index (Phi) is 5.02. The van der Waals surface area contributed by atoms with Crippen molar-refractivity contribution in [2.75, 3.05) is 0 Å². The molecule has 1 aromatic rings. The second-order valence-electron chi connectivity index (χ2n) is 6.91. The van der Waals surface area contributed by atoms with Crippen LogP contribution in [0, 0.1) is 0 Å². The average Bonchev–Trinajstić information content (AvgIpc) is 2.97. The van der Waals surface area contributed by atoms with Gasteiger partial charge in [-0.1, -0.05) is 0 Å². The van der Waals surface area contributed by atoms with Gasteiger partial charge in [-0.3, -0.25) is 9.48 Å². The van der Waals surface area contributed by atoms with Crippen LogP contribution in [0.1, 0.15) is 58.1 Å². The molecule has 3 rings (SSSR count). The molecule has 128 valence electrons. The highest BCUT2D eigenvalue weighted by molar-refractivity contribution is 5.77. The Hall–Kier alpha value is -1.40. The Morgan fingerprint density at radius 1 is 1.39 bits per heavy atom. The second kappa shape index (κ2) is 7.01. The van der Waals surface area contributed by atoms with Crippen molar-refractivity contribution < 1.29 is 9.53 Å². The first kappa shape index (κ1) is 16.5. The maximum Gasteiger partial charge on any atom is 0.220 e. The van der Waals surface area contributed by atoms with Gasteiger partial charge in [0.1, 0.15) is 0 Å². The minimum Gasteiger partial charge on any atom is -0.375 e. The minimum atomic E-state index is 0.00464. The SMILES string of the molecule is CCn1cc([C@@H]2NC(=O)CC[C@H]2NC2C[C@@H](C)O[C@H](C)C2)cn1. The summed E-state index contributed by atoms with van der Waals surface area (Å²) in [5.41, 5.74) is 1.09. The van der Waals surface area contributed by atoms with Gasteiger partial charge in [-0.2, -0.15) is 5.10 Å². The summed E-state index contributed by atoms with van der Waals surface area (Å²) >= 11 is 0. The van der Waals surface area contributed by atoms with Crippen LogP contribution in [0.3, 0.4) is 0 Å². The highest BCUT2D eigenvalue weighted by Gasteiger charge is 2.34. The van der Waals surface area contributed by atoms with E-state index in [2.05, 4.69) is 36.5 Å². The molecule has 23 heavy (non-hydrogen) atoms. The number of hydrogen-bond donors (Lipinski definition) is 2. The van der Waals surface area contributed by atoms with Gasteiger partial charge in [0, 0.05) is 36.8 Å². The number of piperidine rings is 1. The molecule has 2 N–H and O–H groups in total. The van der Waals surface area contributed by atoms with Crippen molar-refractivity contribution in [1.29, 1.82) is 0 Å². The summed E-state index contributed by atoms with van der Waals surface area (Å²) in [6, 6.07) is 0.701. The Morgan fingerprint density at radius 2 is 2.13 bits per heavy atom. The van der Waals surface area contributed by atoms with E-state index in [1.165, 1.54) is 0 Å². The van der Waals surface area contributed by atoms with Gasteiger partial charge in [-0.25, -0.2) is 0 Å². The lowest BCUT2D eigenvalue weighted by atomic mass is 9.91. The number of nitrogens with zero attached hydrogens (tertiary/aromatic N) is 2. The fourth-order valence-electron chi connectivity index (χ4n) is 3.85. The van der Waals surface area contributed by atoms with Crippen molar-refractivity contribution in [2.24, 2.45) is 0 Å². The lowest BCUT2D eigenvalue weighted by molar-refractivity contribution is -0.124. The maximum absolute atomic E-state index is 11.9. The van der Waals surface area contributed by atoms with Crippen LogP contribution in [0.2, 0.25) is 0 Å². The smallest absolute Gasteiger partial charge is 0.220 e. The molecule has 3 heterocycles. The largest absolute Gasteiger partial charge is 0.375 e. The van der Waals surface area contributed by atoms with Crippen LogP contribution in [0.15, 0.2) is 12.4 Å². The molecule has 2 saturated heterocycles. The van der Waals surface area contributed by atoms with Gasteiger partial charge >= 0.3 is 0 Å². The van der Waals surface area contributed by atoms with E-state index in [1.807, 2.05) is 17.1 Å². The Morgan fingerprint density at radius 3 is 2.78 bits per heavy atom. The van der Waals surface area contributed by atoms with E-state index in [9.17, 15) is 4.79 Å². The molecule has 2 aliphatic rings. The molecule has 1 amide bonds. The van der Waals surface area contributed by atoms with Crippen LogP contribution in [0.25, 0.3) is 0 Å². The topological polar surface area (TPSA) is 68.2 Å². The van der Waals surface area contributed by atoms with Crippen LogP contribution < -0.4 is 10.6 Å². The van der Waals surface area contributed by atoms with Crippen molar-refractivity contribution in [3.05, 3.63) is 18.0 Å². The quantitative estimate of drug-likeness (QED) is 0.887. The summed E-state index contributed by atoms with van der Waals surface area (Å²) in [4.78, 5) is 11.9. The molecule has 0 saturated carbocycles. The molecular formula is C17H28N4O2. The summed E-state index contributed by atoms with van der Waals surface area (Å²) < 4.78 is 7.74. The number of hydrogen-bond acceptors (Lipinski definition) is 4. The van der Waals surface area contributed by atoms with Crippen molar-refractivity contribution in [2.45, 2.75) is 83.3 Å². The molecule has 0 aliphatic carbocycles. The van der Waals surface area contributed by atoms with E-state index in [-0.39, 0.29) is 30.2 Å². The van der Waals surface area contributed by atoms with Crippen LogP contribution in [-0.4, -0.2) is 40.0 Å². The Bertz CT molecular complexity index is 534. The number of rotatable bonds is 4. The third-order valence-corrected chi connectivity index (χ3v) is 4.88. The molecule has 0 aromatic carbocycles. The van der Waals surface area contributed by atoms with Crippen molar-refractivity contribution in [3.8, 4) is 0 Å². The van der Waals surface area contributed by atoms with E-state index in [4.69, 9.17) is 4.74 Å². The number of nitrogens with one attached hydrogen (secondary N) is 2. The van der Waals surface area contributed by atoms with Crippen LogP contribution in [0.5, 0.6) is 0 Å². The van der Waals surface area contributed by atoms with Crippen molar-refractivity contribution in [3.63, 3.8) is 0 Å². The first-order chi connectivity index (χ1) is 11.0. The molecule has 4 atom stereocenters. The van der Waals surface area contributed by atoms with Gasteiger partial charge in [-0.05, 0) is 40.0 Å². The number of ether oxygens (including phenoxy) is 1. The summed E-state index contributed by atoms with van der Waals surface area (Å²) in [7, 11) is 0. The maximum atomic E-state index is 11.9. The predicted octanol–water partition coefficient (Wildman–Crippen LogP) is 1.77. The van der Waals surface area contributed by atoms with E-state index in [0.717, 1.165) is 31.4 Å². The third kappa shape index (κ3) is 3.93. The first-order valence-electron chi connectivity index (χ1n) is 8.78. The summed E-state index contributed by atoms with van der Waals surface area (Å²) in [5.74, 6) is 0.131. The standard InChI is InChI=1S/C17H28N4O2/c1-4-21-10-13(9-18-21)17-15(5-6-16(22)20-17)19-14-7-11(2)23-12(3)8-14/h9-12,14-15,17,19H,4-8H2,1-3H3,(H,20,22)/t11-,12-,15-,17+/m1/s1. The zero-order valence-electron chi connectivity index (χ0n) is 14.3. The Labute approximate surface area is 138 Å². The van der Waals surface area contributed by atoms with Gasteiger partial charge in [0.25, 0.3) is 0 Å². The van der Waals surface area contributed by atoms with Crippen molar-refractivity contribution in [1.82, 2.24) is 20.4 Å². The number of aromatic nitrogens is 2. The molecule has 0 spiro atoms. The summed E-state index contributed by atoms with van der Waals surface area (Å²) in [5, 5.41) is 11.3. The van der Waals surface area contributed by atoms with Gasteiger partial charge in [0.15, 0.2) is 0 Å². The van der Waals surface area contributed by atoms with Crippen LogP contribution >= 0.6 is 0 Å². The number of carbonyl (C=O) groups excluding carboxylic acids is 1.